The third-order valence-corrected chi connectivity index (χ3v) is 5.91. The average Bonchev–Trinajstić information content (AvgIpc) is 2.29. The fraction of sp³-hybridized carbons (Fsp3) is 1.00. The maximum absolute atomic E-state index is 11.6. The minimum absolute atomic E-state index is 0.0619. The van der Waals surface area contributed by atoms with Gasteiger partial charge in [-0.1, -0.05) is 12.8 Å². The van der Waals surface area contributed by atoms with Crippen LogP contribution in [0.15, 0.2) is 0 Å². The average molecular weight is 245 g/mol. The van der Waals surface area contributed by atoms with Gasteiger partial charge in [-0.2, -0.15) is 0 Å². The largest absolute Gasteiger partial charge is 0.316 e. The Kier molecular flexibility index (Phi) is 3.90. The Labute approximate surface area is 98.9 Å². The highest BCUT2D eigenvalue weighted by Crippen LogP contribution is 2.35. The summed E-state index contributed by atoms with van der Waals surface area (Å²) in [5, 5.41) is 3.37. The summed E-state index contributed by atoms with van der Waals surface area (Å²) in [6.45, 7) is 2.24. The van der Waals surface area contributed by atoms with Crippen LogP contribution in [-0.4, -0.2) is 33.0 Å². The molecule has 0 aromatic carbocycles. The van der Waals surface area contributed by atoms with E-state index in [1.165, 1.54) is 25.5 Å². The Balaban J connectivity index is 1.95. The van der Waals surface area contributed by atoms with E-state index < -0.39 is 9.84 Å². The number of rotatable bonds is 2. The topological polar surface area (TPSA) is 46.2 Å². The van der Waals surface area contributed by atoms with Crippen molar-refractivity contribution in [3.05, 3.63) is 0 Å². The van der Waals surface area contributed by atoms with Gasteiger partial charge >= 0.3 is 0 Å². The smallest absolute Gasteiger partial charge is 0.150 e. The van der Waals surface area contributed by atoms with E-state index in [2.05, 4.69) is 5.32 Å². The molecule has 2 rings (SSSR count). The van der Waals surface area contributed by atoms with Gasteiger partial charge in [0.1, 0.15) is 9.84 Å². The van der Waals surface area contributed by atoms with Crippen LogP contribution in [0.3, 0.4) is 0 Å². The van der Waals surface area contributed by atoms with Crippen molar-refractivity contribution in [3.8, 4) is 0 Å². The molecule has 3 atom stereocenters. The Morgan fingerprint density at radius 1 is 1.06 bits per heavy atom. The van der Waals surface area contributed by atoms with Crippen molar-refractivity contribution >= 4 is 9.84 Å². The first-order valence-electron chi connectivity index (χ1n) is 6.47. The summed E-state index contributed by atoms with van der Waals surface area (Å²) in [6.07, 6.45) is 8.07. The van der Waals surface area contributed by atoms with Crippen molar-refractivity contribution in [1.82, 2.24) is 5.32 Å². The lowest BCUT2D eigenvalue weighted by Gasteiger charge is -2.36. The maximum atomic E-state index is 11.6. The molecule has 1 heterocycles. The van der Waals surface area contributed by atoms with E-state index in [0.717, 1.165) is 38.3 Å². The molecule has 3 nitrogen and oxygen atoms in total. The van der Waals surface area contributed by atoms with Gasteiger partial charge in [0.15, 0.2) is 0 Å². The molecular weight excluding hydrogens is 222 g/mol. The van der Waals surface area contributed by atoms with E-state index in [1.54, 1.807) is 0 Å². The van der Waals surface area contributed by atoms with Crippen LogP contribution >= 0.6 is 0 Å². The Bertz CT molecular complexity index is 320. The molecule has 2 aliphatic rings. The molecule has 1 aliphatic carbocycles. The van der Waals surface area contributed by atoms with Gasteiger partial charge < -0.3 is 5.32 Å². The maximum Gasteiger partial charge on any atom is 0.150 e. The molecule has 4 heteroatoms. The van der Waals surface area contributed by atoms with E-state index in [4.69, 9.17) is 0 Å². The molecular formula is C12H23NO2S. The SMILES string of the molecule is CS(=O)(=O)C1CCCC(C2CCCNC2)C1. The molecule has 0 bridgehead atoms. The van der Waals surface area contributed by atoms with Crippen LogP contribution in [0, 0.1) is 11.8 Å². The van der Waals surface area contributed by atoms with E-state index in [9.17, 15) is 8.42 Å². The summed E-state index contributed by atoms with van der Waals surface area (Å²) >= 11 is 0. The van der Waals surface area contributed by atoms with Crippen LogP contribution in [-0.2, 0) is 9.84 Å². The Morgan fingerprint density at radius 3 is 2.44 bits per heavy atom. The molecule has 2 fully saturated rings. The van der Waals surface area contributed by atoms with Crippen LogP contribution in [0.1, 0.15) is 38.5 Å². The van der Waals surface area contributed by atoms with Gasteiger partial charge in [0.25, 0.3) is 0 Å². The zero-order chi connectivity index (χ0) is 11.6. The number of hydrogen-bond acceptors (Lipinski definition) is 3. The van der Waals surface area contributed by atoms with Crippen molar-refractivity contribution < 1.29 is 8.42 Å². The Hall–Kier alpha value is -0.0900. The minimum atomic E-state index is -2.82. The minimum Gasteiger partial charge on any atom is -0.316 e. The third-order valence-electron chi connectivity index (χ3n) is 4.27. The van der Waals surface area contributed by atoms with E-state index in [0.29, 0.717) is 5.92 Å². The molecule has 1 saturated heterocycles. The molecule has 3 unspecified atom stereocenters. The molecule has 0 spiro atoms. The first-order valence-corrected chi connectivity index (χ1v) is 8.42. The monoisotopic (exact) mass is 245 g/mol. The van der Waals surface area contributed by atoms with E-state index in [1.807, 2.05) is 0 Å². The molecule has 94 valence electrons. The highest BCUT2D eigenvalue weighted by atomic mass is 32.2. The standard InChI is InChI=1S/C12H23NO2S/c1-16(14,15)12-6-2-4-10(8-12)11-5-3-7-13-9-11/h10-13H,2-9H2,1H3. The summed E-state index contributed by atoms with van der Waals surface area (Å²) in [5.41, 5.74) is 0. The summed E-state index contributed by atoms with van der Waals surface area (Å²) in [6, 6.07) is 0. The number of piperidine rings is 1. The van der Waals surface area contributed by atoms with Gasteiger partial charge in [0.2, 0.25) is 0 Å². The first-order chi connectivity index (χ1) is 7.57. The molecule has 0 amide bonds. The summed E-state index contributed by atoms with van der Waals surface area (Å²) < 4.78 is 23.2. The lowest BCUT2D eigenvalue weighted by atomic mass is 9.77. The third kappa shape index (κ3) is 2.98. The summed E-state index contributed by atoms with van der Waals surface area (Å²) in [7, 11) is -2.82. The van der Waals surface area contributed by atoms with E-state index in [-0.39, 0.29) is 5.25 Å². The van der Waals surface area contributed by atoms with E-state index >= 15 is 0 Å². The molecule has 16 heavy (non-hydrogen) atoms. The fourth-order valence-electron chi connectivity index (χ4n) is 3.28. The van der Waals surface area contributed by atoms with Gasteiger partial charge in [-0.3, -0.25) is 0 Å². The zero-order valence-electron chi connectivity index (χ0n) is 10.1. The van der Waals surface area contributed by atoms with Gasteiger partial charge in [0, 0.05) is 6.26 Å². The predicted molar refractivity (Wildman–Crippen MR) is 66.2 cm³/mol. The van der Waals surface area contributed by atoms with Crippen molar-refractivity contribution in [2.24, 2.45) is 11.8 Å². The molecule has 0 aromatic heterocycles. The van der Waals surface area contributed by atoms with Gasteiger partial charge in [-0.05, 0) is 50.6 Å². The van der Waals surface area contributed by atoms with Gasteiger partial charge in [0.05, 0.1) is 5.25 Å². The quantitative estimate of drug-likeness (QED) is 0.803. The van der Waals surface area contributed by atoms with Crippen LogP contribution in [0.5, 0.6) is 0 Å². The second-order valence-corrected chi connectivity index (χ2v) is 7.81. The Morgan fingerprint density at radius 2 is 1.81 bits per heavy atom. The lowest BCUT2D eigenvalue weighted by Crippen LogP contribution is -2.38. The van der Waals surface area contributed by atoms with Crippen molar-refractivity contribution in [2.75, 3.05) is 19.3 Å². The van der Waals surface area contributed by atoms with Crippen molar-refractivity contribution in [2.45, 2.75) is 43.8 Å². The molecule has 0 radical (unpaired) electrons. The van der Waals surface area contributed by atoms with Gasteiger partial charge in [-0.15, -0.1) is 0 Å². The highest BCUT2D eigenvalue weighted by Gasteiger charge is 2.33. The van der Waals surface area contributed by atoms with Crippen LogP contribution in [0.25, 0.3) is 0 Å². The zero-order valence-corrected chi connectivity index (χ0v) is 10.9. The van der Waals surface area contributed by atoms with Gasteiger partial charge in [-0.25, -0.2) is 8.42 Å². The van der Waals surface area contributed by atoms with Crippen LogP contribution in [0.2, 0.25) is 0 Å². The molecule has 0 aromatic rings. The van der Waals surface area contributed by atoms with Crippen molar-refractivity contribution in [1.29, 1.82) is 0 Å². The first kappa shape index (κ1) is 12.4. The predicted octanol–water partition coefficient (Wildman–Crippen LogP) is 1.59. The number of sulfone groups is 1. The van der Waals surface area contributed by atoms with Crippen LogP contribution < -0.4 is 5.32 Å². The second-order valence-electron chi connectivity index (χ2n) is 5.48. The number of hydrogen-bond donors (Lipinski definition) is 1. The second kappa shape index (κ2) is 5.05. The van der Waals surface area contributed by atoms with Crippen molar-refractivity contribution in [3.63, 3.8) is 0 Å². The molecule has 1 aliphatic heterocycles. The molecule has 1 N–H and O–H groups in total. The van der Waals surface area contributed by atoms with Crippen LogP contribution in [0.4, 0.5) is 0 Å². The number of nitrogens with one attached hydrogen (secondary N) is 1. The summed E-state index contributed by atoms with van der Waals surface area (Å²) in [5.74, 6) is 1.36. The highest BCUT2D eigenvalue weighted by molar-refractivity contribution is 7.91. The summed E-state index contributed by atoms with van der Waals surface area (Å²) in [4.78, 5) is 0. The normalized spacial score (nSPS) is 37.2. The fourth-order valence-corrected chi connectivity index (χ4v) is 4.47. The molecule has 1 saturated carbocycles. The lowest BCUT2D eigenvalue weighted by molar-refractivity contribution is 0.209.